The van der Waals surface area contributed by atoms with Crippen LogP contribution in [-0.4, -0.2) is 36.3 Å². The molecule has 1 fully saturated rings. The summed E-state index contributed by atoms with van der Waals surface area (Å²) in [6.45, 7) is 8.13. The van der Waals surface area contributed by atoms with Crippen LogP contribution in [0, 0.1) is 19.8 Å². The molecule has 0 radical (unpaired) electrons. The molecule has 2 amide bonds. The minimum absolute atomic E-state index is 0.0706. The molecule has 1 saturated heterocycles. The van der Waals surface area contributed by atoms with E-state index in [9.17, 15) is 9.59 Å². The first kappa shape index (κ1) is 19.9. The van der Waals surface area contributed by atoms with Gasteiger partial charge in [0.15, 0.2) is 0 Å². The highest BCUT2D eigenvalue weighted by atomic mass is 16.2. The number of carbonyl (C=O) groups is 2. The van der Waals surface area contributed by atoms with E-state index in [1.54, 1.807) is 24.3 Å². The molecule has 3 rings (SSSR count). The van der Waals surface area contributed by atoms with Gasteiger partial charge in [-0.2, -0.15) is 0 Å². The minimum Gasteiger partial charge on any atom is -0.376 e. The van der Waals surface area contributed by atoms with Gasteiger partial charge in [0.1, 0.15) is 0 Å². The summed E-state index contributed by atoms with van der Waals surface area (Å²) < 4.78 is 0. The smallest absolute Gasteiger partial charge is 0.253 e. The number of amides is 2. The van der Waals surface area contributed by atoms with E-state index in [1.807, 2.05) is 30.9 Å². The molecular formula is C23H29N3O2. The molecule has 0 bridgehead atoms. The highest BCUT2D eigenvalue weighted by Crippen LogP contribution is 2.19. The Morgan fingerprint density at radius 3 is 2.36 bits per heavy atom. The second kappa shape index (κ2) is 8.91. The van der Waals surface area contributed by atoms with E-state index in [1.165, 1.54) is 5.56 Å². The van der Waals surface area contributed by atoms with Crippen molar-refractivity contribution in [3.63, 3.8) is 0 Å². The molecule has 0 aliphatic carbocycles. The van der Waals surface area contributed by atoms with Crippen LogP contribution < -0.4 is 10.6 Å². The molecule has 2 N–H and O–H groups in total. The molecular weight excluding hydrogens is 350 g/mol. The number of hydrogen-bond donors (Lipinski definition) is 2. The van der Waals surface area contributed by atoms with Crippen molar-refractivity contribution >= 4 is 23.2 Å². The number of nitrogens with zero attached hydrogens (tertiary/aromatic N) is 1. The van der Waals surface area contributed by atoms with Crippen LogP contribution in [0.4, 0.5) is 11.4 Å². The molecule has 2 aromatic carbocycles. The van der Waals surface area contributed by atoms with E-state index >= 15 is 0 Å². The van der Waals surface area contributed by atoms with E-state index in [0.29, 0.717) is 17.2 Å². The Morgan fingerprint density at radius 1 is 1.04 bits per heavy atom. The van der Waals surface area contributed by atoms with Crippen molar-refractivity contribution in [2.75, 3.05) is 30.3 Å². The number of carbonyl (C=O) groups excluding carboxylic acids is 2. The molecule has 28 heavy (non-hydrogen) atoms. The van der Waals surface area contributed by atoms with Gasteiger partial charge < -0.3 is 15.5 Å². The number of aryl methyl sites for hydroxylation is 2. The molecule has 0 atom stereocenters. The van der Waals surface area contributed by atoms with Crippen molar-refractivity contribution in [1.29, 1.82) is 0 Å². The highest BCUT2D eigenvalue weighted by molar-refractivity contribution is 5.96. The van der Waals surface area contributed by atoms with Gasteiger partial charge in [-0.3, -0.25) is 9.59 Å². The molecule has 0 unspecified atom stereocenters. The van der Waals surface area contributed by atoms with Crippen molar-refractivity contribution in [1.82, 2.24) is 4.90 Å². The van der Waals surface area contributed by atoms with E-state index in [-0.39, 0.29) is 18.4 Å². The monoisotopic (exact) mass is 379 g/mol. The summed E-state index contributed by atoms with van der Waals surface area (Å²) in [5.74, 6) is 0.643. The van der Waals surface area contributed by atoms with Gasteiger partial charge in [0.2, 0.25) is 5.91 Å². The lowest BCUT2D eigenvalue weighted by atomic mass is 9.98. The predicted molar refractivity (Wildman–Crippen MR) is 114 cm³/mol. The number of rotatable bonds is 5. The molecule has 2 aromatic rings. The molecule has 5 nitrogen and oxygen atoms in total. The summed E-state index contributed by atoms with van der Waals surface area (Å²) >= 11 is 0. The zero-order valence-electron chi connectivity index (χ0n) is 16.9. The molecule has 0 spiro atoms. The van der Waals surface area contributed by atoms with Crippen molar-refractivity contribution in [3.05, 3.63) is 59.2 Å². The average molecular weight is 380 g/mol. The van der Waals surface area contributed by atoms with E-state index in [0.717, 1.165) is 37.2 Å². The van der Waals surface area contributed by atoms with E-state index < -0.39 is 0 Å². The zero-order valence-corrected chi connectivity index (χ0v) is 16.9. The normalized spacial score (nSPS) is 14.6. The molecule has 1 heterocycles. The number of likely N-dealkylation sites (tertiary alicyclic amines) is 1. The van der Waals surface area contributed by atoms with Gasteiger partial charge in [-0.15, -0.1) is 0 Å². The van der Waals surface area contributed by atoms with Gasteiger partial charge in [0, 0.05) is 30.0 Å². The third-order valence-corrected chi connectivity index (χ3v) is 5.31. The van der Waals surface area contributed by atoms with Crippen molar-refractivity contribution in [2.24, 2.45) is 5.92 Å². The summed E-state index contributed by atoms with van der Waals surface area (Å²) in [5, 5.41) is 6.03. The molecule has 5 heteroatoms. The van der Waals surface area contributed by atoms with Crippen molar-refractivity contribution < 1.29 is 9.59 Å². The molecule has 0 aromatic heterocycles. The average Bonchev–Trinajstić information content (AvgIpc) is 2.68. The van der Waals surface area contributed by atoms with Gasteiger partial charge in [-0.1, -0.05) is 24.6 Å². The Hall–Kier alpha value is -2.82. The lowest BCUT2D eigenvalue weighted by molar-refractivity contribution is -0.114. The van der Waals surface area contributed by atoms with Crippen LogP contribution in [0.25, 0.3) is 0 Å². The van der Waals surface area contributed by atoms with Gasteiger partial charge in [0.05, 0.1) is 6.54 Å². The van der Waals surface area contributed by atoms with E-state index in [2.05, 4.69) is 23.6 Å². The third kappa shape index (κ3) is 5.12. The van der Waals surface area contributed by atoms with Crippen LogP contribution in [0.3, 0.4) is 0 Å². The SMILES string of the molecule is Cc1ccc(NCC(=O)Nc2ccc(C(=O)N3CCC(C)CC3)cc2)c(C)c1. The number of hydrogen-bond acceptors (Lipinski definition) is 3. The summed E-state index contributed by atoms with van der Waals surface area (Å²) in [7, 11) is 0. The quantitative estimate of drug-likeness (QED) is 0.817. The van der Waals surface area contributed by atoms with Crippen LogP contribution in [0.15, 0.2) is 42.5 Å². The second-order valence-electron chi connectivity index (χ2n) is 7.77. The first-order chi connectivity index (χ1) is 13.4. The second-order valence-corrected chi connectivity index (χ2v) is 7.77. The Morgan fingerprint density at radius 2 is 1.71 bits per heavy atom. The van der Waals surface area contributed by atoms with Gasteiger partial charge >= 0.3 is 0 Å². The molecule has 0 saturated carbocycles. The Labute approximate surface area is 167 Å². The summed E-state index contributed by atoms with van der Waals surface area (Å²) in [4.78, 5) is 26.7. The number of nitrogens with one attached hydrogen (secondary N) is 2. The predicted octanol–water partition coefficient (Wildman–Crippen LogP) is 4.23. The molecule has 1 aliphatic rings. The van der Waals surface area contributed by atoms with Crippen LogP contribution in [0.1, 0.15) is 41.3 Å². The Kier molecular flexibility index (Phi) is 6.34. The first-order valence-electron chi connectivity index (χ1n) is 9.92. The fourth-order valence-electron chi connectivity index (χ4n) is 3.48. The Bertz CT molecular complexity index is 837. The van der Waals surface area contributed by atoms with Gasteiger partial charge in [0.25, 0.3) is 5.91 Å². The van der Waals surface area contributed by atoms with Crippen LogP contribution in [0.2, 0.25) is 0 Å². The van der Waals surface area contributed by atoms with Crippen molar-refractivity contribution in [2.45, 2.75) is 33.6 Å². The fourth-order valence-corrected chi connectivity index (χ4v) is 3.48. The number of piperidine rings is 1. The fraction of sp³-hybridized carbons (Fsp3) is 0.391. The van der Waals surface area contributed by atoms with Gasteiger partial charge in [-0.25, -0.2) is 0 Å². The lowest BCUT2D eigenvalue weighted by Crippen LogP contribution is -2.37. The standard InChI is InChI=1S/C23H29N3O2/c1-16-10-12-26(13-11-16)23(28)19-5-7-20(8-6-19)25-22(27)15-24-21-9-4-17(2)14-18(21)3/h4-9,14,16,24H,10-13,15H2,1-3H3,(H,25,27). The summed E-state index contributed by atoms with van der Waals surface area (Å²) in [5.41, 5.74) is 4.62. The van der Waals surface area contributed by atoms with E-state index in [4.69, 9.17) is 0 Å². The van der Waals surface area contributed by atoms with Crippen LogP contribution in [0.5, 0.6) is 0 Å². The van der Waals surface area contributed by atoms with Crippen molar-refractivity contribution in [3.8, 4) is 0 Å². The topological polar surface area (TPSA) is 61.4 Å². The number of anilines is 2. The lowest BCUT2D eigenvalue weighted by Gasteiger charge is -2.30. The largest absolute Gasteiger partial charge is 0.376 e. The molecule has 148 valence electrons. The minimum atomic E-state index is -0.121. The maximum absolute atomic E-state index is 12.6. The molecule has 1 aliphatic heterocycles. The number of benzene rings is 2. The third-order valence-electron chi connectivity index (χ3n) is 5.31. The van der Waals surface area contributed by atoms with Crippen LogP contribution in [-0.2, 0) is 4.79 Å². The Balaban J connectivity index is 1.52. The van der Waals surface area contributed by atoms with Crippen LogP contribution >= 0.6 is 0 Å². The van der Waals surface area contributed by atoms with Gasteiger partial charge in [-0.05, 0) is 68.5 Å². The summed E-state index contributed by atoms with van der Waals surface area (Å²) in [6, 6.07) is 13.2. The maximum atomic E-state index is 12.6. The highest BCUT2D eigenvalue weighted by Gasteiger charge is 2.21. The zero-order chi connectivity index (χ0) is 20.1. The first-order valence-corrected chi connectivity index (χ1v) is 9.92. The summed E-state index contributed by atoms with van der Waals surface area (Å²) in [6.07, 6.45) is 2.13. The maximum Gasteiger partial charge on any atom is 0.253 e.